The molecular weight excluding hydrogens is 220 g/mol. The van der Waals surface area contributed by atoms with Crippen molar-refractivity contribution in [1.82, 2.24) is 0 Å². The molecule has 2 aromatic carbocycles. The fourth-order valence-corrected chi connectivity index (χ4v) is 1.86. The lowest BCUT2D eigenvalue weighted by Gasteiger charge is -2.09. The SMILES string of the molecule is CC(N)CCNc1ccc(-c2ccccc2)cc1. The van der Waals surface area contributed by atoms with Crippen LogP contribution in [0.25, 0.3) is 11.1 Å². The van der Waals surface area contributed by atoms with E-state index in [4.69, 9.17) is 5.73 Å². The van der Waals surface area contributed by atoms with Gasteiger partial charge in [-0.3, -0.25) is 0 Å². The van der Waals surface area contributed by atoms with E-state index >= 15 is 0 Å². The minimum Gasteiger partial charge on any atom is -0.385 e. The molecule has 0 saturated carbocycles. The molecule has 3 N–H and O–H groups in total. The third-order valence-corrected chi connectivity index (χ3v) is 2.92. The number of benzene rings is 2. The van der Waals surface area contributed by atoms with Crippen molar-refractivity contribution < 1.29 is 0 Å². The maximum atomic E-state index is 5.72. The van der Waals surface area contributed by atoms with Crippen LogP contribution in [0, 0.1) is 0 Å². The molecule has 0 aliphatic rings. The third kappa shape index (κ3) is 3.60. The topological polar surface area (TPSA) is 38.0 Å². The Morgan fingerprint density at radius 3 is 2.17 bits per heavy atom. The summed E-state index contributed by atoms with van der Waals surface area (Å²) in [5, 5.41) is 3.37. The molecule has 0 heterocycles. The zero-order valence-electron chi connectivity index (χ0n) is 10.8. The van der Waals surface area contributed by atoms with Crippen molar-refractivity contribution >= 4 is 5.69 Å². The molecule has 0 amide bonds. The van der Waals surface area contributed by atoms with Gasteiger partial charge >= 0.3 is 0 Å². The summed E-state index contributed by atoms with van der Waals surface area (Å²) >= 11 is 0. The summed E-state index contributed by atoms with van der Waals surface area (Å²) < 4.78 is 0. The molecule has 0 aromatic heterocycles. The third-order valence-electron chi connectivity index (χ3n) is 2.92. The molecule has 0 radical (unpaired) electrons. The smallest absolute Gasteiger partial charge is 0.0340 e. The summed E-state index contributed by atoms with van der Waals surface area (Å²) in [5.74, 6) is 0. The van der Waals surface area contributed by atoms with E-state index in [2.05, 4.69) is 53.8 Å². The highest BCUT2D eigenvalue weighted by atomic mass is 14.9. The van der Waals surface area contributed by atoms with Crippen LogP contribution in [0.5, 0.6) is 0 Å². The largest absolute Gasteiger partial charge is 0.385 e. The van der Waals surface area contributed by atoms with Gasteiger partial charge in [0.15, 0.2) is 0 Å². The first kappa shape index (κ1) is 12.7. The predicted molar refractivity (Wildman–Crippen MR) is 78.6 cm³/mol. The Labute approximate surface area is 109 Å². The van der Waals surface area contributed by atoms with E-state index in [0.717, 1.165) is 18.7 Å². The van der Waals surface area contributed by atoms with E-state index in [1.165, 1.54) is 11.1 Å². The fourth-order valence-electron chi connectivity index (χ4n) is 1.86. The maximum absolute atomic E-state index is 5.72. The first-order chi connectivity index (χ1) is 8.75. The van der Waals surface area contributed by atoms with Crippen molar-refractivity contribution in [2.45, 2.75) is 19.4 Å². The highest BCUT2D eigenvalue weighted by Gasteiger charge is 1.98. The Kier molecular flexibility index (Phi) is 4.37. The van der Waals surface area contributed by atoms with Crippen LogP contribution >= 0.6 is 0 Å². The van der Waals surface area contributed by atoms with E-state index in [1.54, 1.807) is 0 Å². The first-order valence-corrected chi connectivity index (χ1v) is 6.40. The molecule has 0 aliphatic heterocycles. The second-order valence-electron chi connectivity index (χ2n) is 4.64. The van der Waals surface area contributed by atoms with Crippen LogP contribution in [0.15, 0.2) is 54.6 Å². The minimum absolute atomic E-state index is 0.251. The van der Waals surface area contributed by atoms with Crippen LogP contribution in [0.3, 0.4) is 0 Å². The van der Waals surface area contributed by atoms with E-state index in [1.807, 2.05) is 13.0 Å². The molecule has 1 unspecified atom stereocenters. The summed E-state index contributed by atoms with van der Waals surface area (Å²) in [6.07, 6.45) is 0.987. The van der Waals surface area contributed by atoms with Crippen molar-refractivity contribution in [3.63, 3.8) is 0 Å². The quantitative estimate of drug-likeness (QED) is 0.839. The van der Waals surface area contributed by atoms with Gasteiger partial charge in [0, 0.05) is 18.3 Å². The van der Waals surface area contributed by atoms with E-state index in [0.29, 0.717) is 0 Å². The molecule has 2 rings (SSSR count). The normalized spacial score (nSPS) is 12.1. The van der Waals surface area contributed by atoms with Gasteiger partial charge in [-0.05, 0) is 36.6 Å². The number of anilines is 1. The molecular formula is C16H20N2. The zero-order chi connectivity index (χ0) is 12.8. The van der Waals surface area contributed by atoms with Gasteiger partial charge in [0.1, 0.15) is 0 Å². The second kappa shape index (κ2) is 6.22. The van der Waals surface area contributed by atoms with Crippen LogP contribution in [-0.4, -0.2) is 12.6 Å². The second-order valence-corrected chi connectivity index (χ2v) is 4.64. The Hall–Kier alpha value is -1.80. The van der Waals surface area contributed by atoms with Gasteiger partial charge in [0.05, 0.1) is 0 Å². The maximum Gasteiger partial charge on any atom is 0.0340 e. The van der Waals surface area contributed by atoms with Crippen LogP contribution in [-0.2, 0) is 0 Å². The molecule has 0 fully saturated rings. The standard InChI is InChI=1S/C16H20N2/c1-13(17)11-12-18-16-9-7-15(8-10-16)14-5-3-2-4-6-14/h2-10,13,18H,11-12,17H2,1H3. The van der Waals surface area contributed by atoms with Gasteiger partial charge in [-0.1, -0.05) is 42.5 Å². The number of hydrogen-bond acceptors (Lipinski definition) is 2. The van der Waals surface area contributed by atoms with E-state index in [9.17, 15) is 0 Å². The average molecular weight is 240 g/mol. The molecule has 18 heavy (non-hydrogen) atoms. The predicted octanol–water partition coefficient (Wildman–Crippen LogP) is 3.50. The number of rotatable bonds is 5. The summed E-state index contributed by atoms with van der Waals surface area (Å²) in [4.78, 5) is 0. The van der Waals surface area contributed by atoms with Crippen molar-refractivity contribution in [1.29, 1.82) is 0 Å². The van der Waals surface area contributed by atoms with Gasteiger partial charge in [-0.25, -0.2) is 0 Å². The first-order valence-electron chi connectivity index (χ1n) is 6.40. The van der Waals surface area contributed by atoms with Gasteiger partial charge < -0.3 is 11.1 Å². The highest BCUT2D eigenvalue weighted by molar-refractivity contribution is 5.65. The lowest BCUT2D eigenvalue weighted by Crippen LogP contribution is -2.19. The Morgan fingerprint density at radius 1 is 0.944 bits per heavy atom. The van der Waals surface area contributed by atoms with Crippen molar-refractivity contribution in [3.05, 3.63) is 54.6 Å². The lowest BCUT2D eigenvalue weighted by molar-refractivity contribution is 0.690. The van der Waals surface area contributed by atoms with Crippen molar-refractivity contribution in [2.75, 3.05) is 11.9 Å². The molecule has 94 valence electrons. The number of nitrogens with one attached hydrogen (secondary N) is 1. The molecule has 1 atom stereocenters. The molecule has 2 aromatic rings. The van der Waals surface area contributed by atoms with Crippen molar-refractivity contribution in [3.8, 4) is 11.1 Å². The minimum atomic E-state index is 0.251. The Balaban J connectivity index is 1.98. The van der Waals surface area contributed by atoms with E-state index < -0.39 is 0 Å². The molecule has 0 spiro atoms. The zero-order valence-corrected chi connectivity index (χ0v) is 10.8. The van der Waals surface area contributed by atoms with Gasteiger partial charge in [0.25, 0.3) is 0 Å². The van der Waals surface area contributed by atoms with E-state index in [-0.39, 0.29) is 6.04 Å². The van der Waals surface area contributed by atoms with Crippen LogP contribution < -0.4 is 11.1 Å². The lowest BCUT2D eigenvalue weighted by atomic mass is 10.1. The number of nitrogens with two attached hydrogens (primary N) is 1. The van der Waals surface area contributed by atoms with Crippen LogP contribution in [0.1, 0.15) is 13.3 Å². The summed E-state index contributed by atoms with van der Waals surface area (Å²) in [5.41, 5.74) is 9.36. The molecule has 2 heteroatoms. The Bertz CT molecular complexity index is 460. The van der Waals surface area contributed by atoms with Gasteiger partial charge in [-0.2, -0.15) is 0 Å². The van der Waals surface area contributed by atoms with Gasteiger partial charge in [-0.15, -0.1) is 0 Å². The molecule has 0 bridgehead atoms. The fraction of sp³-hybridized carbons (Fsp3) is 0.250. The van der Waals surface area contributed by atoms with Crippen LogP contribution in [0.2, 0.25) is 0 Å². The molecule has 0 saturated heterocycles. The summed E-state index contributed by atoms with van der Waals surface area (Å²) in [7, 11) is 0. The molecule has 0 aliphatic carbocycles. The summed E-state index contributed by atoms with van der Waals surface area (Å²) in [6, 6.07) is 19.2. The average Bonchev–Trinajstić information content (AvgIpc) is 2.40. The van der Waals surface area contributed by atoms with Crippen molar-refractivity contribution in [2.24, 2.45) is 5.73 Å². The number of hydrogen-bond donors (Lipinski definition) is 2. The molecule has 2 nitrogen and oxygen atoms in total. The summed E-state index contributed by atoms with van der Waals surface area (Å²) in [6.45, 7) is 2.95. The van der Waals surface area contributed by atoms with Gasteiger partial charge in [0.2, 0.25) is 0 Å². The monoisotopic (exact) mass is 240 g/mol. The Morgan fingerprint density at radius 2 is 1.56 bits per heavy atom. The van der Waals surface area contributed by atoms with Crippen LogP contribution in [0.4, 0.5) is 5.69 Å². The highest BCUT2D eigenvalue weighted by Crippen LogP contribution is 2.20.